The Morgan fingerprint density at radius 2 is 1.83 bits per heavy atom. The summed E-state index contributed by atoms with van der Waals surface area (Å²) in [6, 6.07) is 6.56. The molecule has 0 N–H and O–H groups in total. The van der Waals surface area contributed by atoms with Crippen LogP contribution in [0, 0.1) is 0 Å². The molecule has 0 aliphatic carbocycles. The quantitative estimate of drug-likeness (QED) is 0.721. The van der Waals surface area contributed by atoms with Crippen LogP contribution >= 0.6 is 11.8 Å². The predicted octanol–water partition coefficient (Wildman–Crippen LogP) is 1.01. The molecule has 0 radical (unpaired) electrons. The average molecular weight is 266 g/mol. The van der Waals surface area contributed by atoms with Crippen molar-refractivity contribution in [3.05, 3.63) is 29.8 Å². The van der Waals surface area contributed by atoms with E-state index in [4.69, 9.17) is 0 Å². The smallest absolute Gasteiger partial charge is 0.232 e. The zero-order valence-electron chi connectivity index (χ0n) is 10.5. The van der Waals surface area contributed by atoms with Crippen molar-refractivity contribution < 1.29 is 14.7 Å². The minimum Gasteiger partial charge on any atom is -0.545 e. The van der Waals surface area contributed by atoms with Crippen LogP contribution in [-0.4, -0.2) is 35.6 Å². The summed E-state index contributed by atoms with van der Waals surface area (Å²) in [6.45, 7) is 5.17. The number of hydrogen-bond donors (Lipinski definition) is 0. The number of rotatable bonds is 6. The fraction of sp³-hybridized carbons (Fsp3) is 0.385. The van der Waals surface area contributed by atoms with E-state index in [0.717, 1.165) is 0 Å². The molecule has 0 atom stereocenters. The van der Waals surface area contributed by atoms with E-state index in [1.54, 1.807) is 23.1 Å². The fourth-order valence-corrected chi connectivity index (χ4v) is 2.51. The van der Waals surface area contributed by atoms with Crippen molar-refractivity contribution >= 4 is 23.6 Å². The molecule has 0 unspecified atom stereocenters. The number of aromatic carboxylic acids is 1. The molecular weight excluding hydrogens is 250 g/mol. The average Bonchev–Trinajstić information content (AvgIpc) is 2.38. The Hall–Kier alpha value is -1.49. The van der Waals surface area contributed by atoms with Gasteiger partial charge in [-0.2, -0.15) is 0 Å². The second kappa shape index (κ2) is 7.06. The lowest BCUT2D eigenvalue weighted by molar-refractivity contribution is -0.255. The lowest BCUT2D eigenvalue weighted by Crippen LogP contribution is -2.32. The van der Waals surface area contributed by atoms with Gasteiger partial charge in [-0.3, -0.25) is 4.79 Å². The van der Waals surface area contributed by atoms with Gasteiger partial charge in [-0.25, -0.2) is 0 Å². The van der Waals surface area contributed by atoms with Gasteiger partial charge in [0, 0.05) is 23.5 Å². The highest BCUT2D eigenvalue weighted by atomic mass is 32.2. The summed E-state index contributed by atoms with van der Waals surface area (Å²) in [5, 5.41) is 10.9. The zero-order chi connectivity index (χ0) is 13.5. The van der Waals surface area contributed by atoms with Crippen LogP contribution in [0.3, 0.4) is 0 Å². The maximum absolute atomic E-state index is 11.8. The van der Waals surface area contributed by atoms with E-state index in [1.165, 1.54) is 17.8 Å². The van der Waals surface area contributed by atoms with Gasteiger partial charge in [0.15, 0.2) is 0 Å². The summed E-state index contributed by atoms with van der Waals surface area (Å²) in [5.41, 5.74) is 0.134. The topological polar surface area (TPSA) is 60.4 Å². The minimum absolute atomic E-state index is 0.0122. The highest BCUT2D eigenvalue weighted by Gasteiger charge is 2.11. The van der Waals surface area contributed by atoms with E-state index in [9.17, 15) is 14.7 Å². The highest BCUT2D eigenvalue weighted by Crippen LogP contribution is 2.22. The van der Waals surface area contributed by atoms with E-state index < -0.39 is 5.97 Å². The predicted molar refractivity (Wildman–Crippen MR) is 69.4 cm³/mol. The van der Waals surface area contributed by atoms with Crippen LogP contribution in [0.5, 0.6) is 0 Å². The molecule has 1 aromatic rings. The van der Waals surface area contributed by atoms with Crippen LogP contribution in [0.25, 0.3) is 0 Å². The SMILES string of the molecule is CCN(CC)C(=O)CSc1ccccc1C(=O)[O-]. The van der Waals surface area contributed by atoms with E-state index in [1.807, 2.05) is 13.8 Å². The number of carboxylic acid groups (broad SMARTS) is 1. The van der Waals surface area contributed by atoms with Crippen molar-refractivity contribution in [2.45, 2.75) is 18.7 Å². The summed E-state index contributed by atoms with van der Waals surface area (Å²) in [6.07, 6.45) is 0. The number of thioether (sulfide) groups is 1. The van der Waals surface area contributed by atoms with Crippen molar-refractivity contribution in [3.63, 3.8) is 0 Å². The highest BCUT2D eigenvalue weighted by molar-refractivity contribution is 8.00. The Bertz CT molecular complexity index is 430. The second-order valence-corrected chi connectivity index (χ2v) is 4.66. The number of amides is 1. The summed E-state index contributed by atoms with van der Waals surface area (Å²) >= 11 is 1.23. The van der Waals surface area contributed by atoms with Gasteiger partial charge in [0.25, 0.3) is 0 Å². The van der Waals surface area contributed by atoms with E-state index in [2.05, 4.69) is 0 Å². The van der Waals surface area contributed by atoms with Crippen molar-refractivity contribution in [3.8, 4) is 0 Å². The molecular formula is C13H16NO3S-. The molecule has 0 spiro atoms. The Morgan fingerprint density at radius 3 is 2.39 bits per heavy atom. The molecule has 4 nitrogen and oxygen atoms in total. The van der Waals surface area contributed by atoms with Gasteiger partial charge < -0.3 is 14.8 Å². The molecule has 0 saturated carbocycles. The van der Waals surface area contributed by atoms with Crippen molar-refractivity contribution in [2.75, 3.05) is 18.8 Å². The monoisotopic (exact) mass is 266 g/mol. The van der Waals surface area contributed by atoms with E-state index in [-0.39, 0.29) is 17.2 Å². The first kappa shape index (κ1) is 14.6. The zero-order valence-corrected chi connectivity index (χ0v) is 11.3. The first-order chi connectivity index (χ1) is 8.60. The number of hydrogen-bond acceptors (Lipinski definition) is 4. The summed E-state index contributed by atoms with van der Waals surface area (Å²) in [7, 11) is 0. The van der Waals surface area contributed by atoms with Gasteiger partial charge >= 0.3 is 0 Å². The Kier molecular flexibility index (Phi) is 5.71. The number of nitrogens with zero attached hydrogens (tertiary/aromatic N) is 1. The minimum atomic E-state index is -1.21. The molecule has 1 rings (SSSR count). The van der Waals surface area contributed by atoms with Crippen LogP contribution in [0.2, 0.25) is 0 Å². The molecule has 0 aliphatic rings. The van der Waals surface area contributed by atoms with E-state index in [0.29, 0.717) is 18.0 Å². The van der Waals surface area contributed by atoms with Gasteiger partial charge in [0.05, 0.1) is 11.7 Å². The van der Waals surface area contributed by atoms with Gasteiger partial charge in [0.2, 0.25) is 5.91 Å². The number of carbonyl (C=O) groups excluding carboxylic acids is 2. The second-order valence-electron chi connectivity index (χ2n) is 3.64. The van der Waals surface area contributed by atoms with Gasteiger partial charge in [-0.15, -0.1) is 11.8 Å². The first-order valence-electron chi connectivity index (χ1n) is 5.81. The Labute approximate surface area is 111 Å². The third kappa shape index (κ3) is 3.77. The third-order valence-corrected chi connectivity index (χ3v) is 3.63. The maximum Gasteiger partial charge on any atom is 0.232 e. The summed E-state index contributed by atoms with van der Waals surface area (Å²) in [4.78, 5) is 25.0. The Balaban J connectivity index is 2.69. The molecule has 0 aliphatic heterocycles. The molecule has 1 amide bonds. The summed E-state index contributed by atoms with van der Waals surface area (Å²) in [5.74, 6) is -0.960. The number of benzene rings is 1. The molecule has 0 heterocycles. The number of carboxylic acids is 1. The van der Waals surface area contributed by atoms with Gasteiger partial charge in [0.1, 0.15) is 0 Å². The largest absolute Gasteiger partial charge is 0.545 e. The molecule has 98 valence electrons. The van der Waals surface area contributed by atoms with E-state index >= 15 is 0 Å². The lowest BCUT2D eigenvalue weighted by atomic mass is 10.2. The standard InChI is InChI=1S/C13H17NO3S/c1-3-14(4-2)12(15)9-18-11-8-6-5-7-10(11)13(16)17/h5-8H,3-4,9H2,1-2H3,(H,16,17)/p-1. The van der Waals surface area contributed by atoms with Crippen LogP contribution in [0.4, 0.5) is 0 Å². The molecule has 0 bridgehead atoms. The molecule has 1 aromatic carbocycles. The van der Waals surface area contributed by atoms with Crippen LogP contribution < -0.4 is 5.11 Å². The van der Waals surface area contributed by atoms with Crippen LogP contribution in [0.15, 0.2) is 29.2 Å². The molecule has 5 heteroatoms. The van der Waals surface area contributed by atoms with Crippen molar-refractivity contribution in [1.82, 2.24) is 4.90 Å². The molecule has 0 aromatic heterocycles. The fourth-order valence-electron chi connectivity index (χ4n) is 1.57. The first-order valence-corrected chi connectivity index (χ1v) is 6.79. The molecule has 0 fully saturated rings. The van der Waals surface area contributed by atoms with Gasteiger partial charge in [-0.05, 0) is 19.9 Å². The normalized spacial score (nSPS) is 10.1. The lowest BCUT2D eigenvalue weighted by Gasteiger charge is -2.18. The van der Waals surface area contributed by atoms with Crippen LogP contribution in [0.1, 0.15) is 24.2 Å². The van der Waals surface area contributed by atoms with Crippen molar-refractivity contribution in [1.29, 1.82) is 0 Å². The van der Waals surface area contributed by atoms with Gasteiger partial charge in [-0.1, -0.05) is 18.2 Å². The van der Waals surface area contributed by atoms with Crippen molar-refractivity contribution in [2.24, 2.45) is 0 Å². The number of carbonyl (C=O) groups is 2. The summed E-state index contributed by atoms with van der Waals surface area (Å²) < 4.78 is 0. The Morgan fingerprint density at radius 1 is 1.22 bits per heavy atom. The molecule has 0 saturated heterocycles. The third-order valence-electron chi connectivity index (χ3n) is 2.57. The van der Waals surface area contributed by atoms with Crippen LogP contribution in [-0.2, 0) is 4.79 Å². The molecule has 18 heavy (non-hydrogen) atoms. The maximum atomic E-state index is 11.8.